The van der Waals surface area contributed by atoms with Crippen LogP contribution in [-0.4, -0.2) is 13.1 Å². The summed E-state index contributed by atoms with van der Waals surface area (Å²) < 4.78 is 24.9. The molecule has 1 heterocycles. The number of esters is 1. The number of ether oxygens (including phenoxy) is 2. The summed E-state index contributed by atoms with van der Waals surface area (Å²) in [5.41, 5.74) is 2.23. The molecule has 0 bridgehead atoms. The quantitative estimate of drug-likeness (QED) is 0.733. The average Bonchev–Trinajstić information content (AvgIpc) is 2.78. The second kappa shape index (κ2) is 6.58. The molecule has 1 aromatic heterocycles. The van der Waals surface area contributed by atoms with Crippen LogP contribution in [0.5, 0.6) is 5.75 Å². The number of benzene rings is 1. The lowest BCUT2D eigenvalue weighted by Gasteiger charge is -2.10. The number of hydrogen-bond acceptors (Lipinski definition) is 4. The van der Waals surface area contributed by atoms with Gasteiger partial charge >= 0.3 is 5.97 Å². The molecular formula is C15H14BrFO3S. The van der Waals surface area contributed by atoms with Crippen molar-refractivity contribution in [1.82, 2.24) is 0 Å². The first-order valence-corrected chi connectivity index (χ1v) is 7.79. The molecule has 0 aliphatic rings. The summed E-state index contributed by atoms with van der Waals surface area (Å²) in [5.74, 6) is -0.208. The molecule has 0 atom stereocenters. The van der Waals surface area contributed by atoms with Gasteiger partial charge in [0.15, 0.2) is 0 Å². The van der Waals surface area contributed by atoms with Gasteiger partial charge < -0.3 is 9.47 Å². The maximum absolute atomic E-state index is 13.9. The lowest BCUT2D eigenvalue weighted by atomic mass is 10.1. The molecule has 2 rings (SSSR count). The fourth-order valence-electron chi connectivity index (χ4n) is 1.93. The van der Waals surface area contributed by atoms with Crippen molar-refractivity contribution in [2.45, 2.75) is 20.5 Å². The topological polar surface area (TPSA) is 35.5 Å². The predicted octanol–water partition coefficient (Wildman–Crippen LogP) is 4.63. The number of hydrogen-bond donors (Lipinski definition) is 0. The van der Waals surface area contributed by atoms with Gasteiger partial charge in [-0.15, -0.1) is 11.3 Å². The van der Waals surface area contributed by atoms with Crippen LogP contribution >= 0.6 is 27.3 Å². The molecular weight excluding hydrogens is 359 g/mol. The molecule has 3 nitrogen and oxygen atoms in total. The normalized spacial score (nSPS) is 10.5. The van der Waals surface area contributed by atoms with Crippen molar-refractivity contribution in [2.24, 2.45) is 0 Å². The third-order valence-corrected chi connectivity index (χ3v) is 4.74. The summed E-state index contributed by atoms with van der Waals surface area (Å²) >= 11 is 4.55. The van der Waals surface area contributed by atoms with Gasteiger partial charge in [-0.2, -0.15) is 0 Å². The van der Waals surface area contributed by atoms with Crippen molar-refractivity contribution in [2.75, 3.05) is 7.11 Å². The van der Waals surface area contributed by atoms with E-state index >= 15 is 0 Å². The number of thiophene rings is 1. The van der Waals surface area contributed by atoms with E-state index in [2.05, 4.69) is 20.7 Å². The lowest BCUT2D eigenvalue weighted by Crippen LogP contribution is -2.02. The molecule has 1 aromatic carbocycles. The van der Waals surface area contributed by atoms with Crippen molar-refractivity contribution < 1.29 is 18.7 Å². The first kappa shape index (κ1) is 16.0. The molecule has 0 saturated carbocycles. The second-order valence-electron chi connectivity index (χ2n) is 4.57. The molecule has 6 heteroatoms. The number of methoxy groups -OCH3 is 1. The van der Waals surface area contributed by atoms with Crippen LogP contribution in [0, 0.1) is 19.7 Å². The van der Waals surface area contributed by atoms with Crippen molar-refractivity contribution >= 4 is 33.2 Å². The molecule has 0 amide bonds. The molecule has 0 saturated heterocycles. The molecule has 21 heavy (non-hydrogen) atoms. The highest BCUT2D eigenvalue weighted by Gasteiger charge is 2.16. The Hall–Kier alpha value is -1.40. The largest absolute Gasteiger partial charge is 0.487 e. The summed E-state index contributed by atoms with van der Waals surface area (Å²) in [7, 11) is 1.32. The highest BCUT2D eigenvalue weighted by molar-refractivity contribution is 9.11. The summed E-state index contributed by atoms with van der Waals surface area (Å²) in [4.78, 5) is 11.9. The number of halogens is 2. The highest BCUT2D eigenvalue weighted by atomic mass is 79.9. The molecule has 0 spiro atoms. The van der Waals surface area contributed by atoms with E-state index in [9.17, 15) is 9.18 Å². The van der Waals surface area contributed by atoms with Crippen LogP contribution in [0.3, 0.4) is 0 Å². The van der Waals surface area contributed by atoms with Gasteiger partial charge in [0.1, 0.15) is 26.8 Å². The zero-order valence-electron chi connectivity index (χ0n) is 11.8. The van der Waals surface area contributed by atoms with Crippen LogP contribution in [0.1, 0.15) is 26.4 Å². The Balaban J connectivity index is 2.17. The van der Waals surface area contributed by atoms with E-state index in [1.807, 2.05) is 19.9 Å². The molecule has 2 aromatic rings. The van der Waals surface area contributed by atoms with Crippen LogP contribution in [0.15, 0.2) is 22.0 Å². The molecule has 0 aliphatic carbocycles. The molecule has 0 aliphatic heterocycles. The number of carbonyl (C=O) groups is 1. The fraction of sp³-hybridized carbons (Fsp3) is 0.267. The van der Waals surface area contributed by atoms with Gasteiger partial charge in [0.25, 0.3) is 0 Å². The Bertz CT molecular complexity index is 659. The van der Waals surface area contributed by atoms with E-state index in [1.165, 1.54) is 24.5 Å². The first-order chi connectivity index (χ1) is 9.92. The van der Waals surface area contributed by atoms with Crippen LogP contribution in [0.2, 0.25) is 0 Å². The SMILES string of the molecule is COC(=O)c1cc(OCc2c(C)cc(C)cc2F)c(Br)s1. The molecule has 0 fully saturated rings. The number of aryl methyl sites for hydroxylation is 2. The Labute approximate surface area is 134 Å². The van der Waals surface area contributed by atoms with E-state index in [0.29, 0.717) is 20.0 Å². The zero-order chi connectivity index (χ0) is 15.6. The van der Waals surface area contributed by atoms with E-state index in [0.717, 1.165) is 11.1 Å². The average molecular weight is 373 g/mol. The predicted molar refractivity (Wildman–Crippen MR) is 83.6 cm³/mol. The van der Waals surface area contributed by atoms with Gasteiger partial charge in [-0.05, 0) is 47.0 Å². The van der Waals surface area contributed by atoms with Gasteiger partial charge in [-0.1, -0.05) is 6.07 Å². The van der Waals surface area contributed by atoms with Crippen LogP contribution in [0.4, 0.5) is 4.39 Å². The van der Waals surface area contributed by atoms with Crippen LogP contribution in [-0.2, 0) is 11.3 Å². The first-order valence-electron chi connectivity index (χ1n) is 6.18. The van der Waals surface area contributed by atoms with Crippen LogP contribution in [0.25, 0.3) is 0 Å². The standard InChI is InChI=1S/C15H14BrFO3S/c1-8-4-9(2)10(11(17)5-8)7-20-12-6-13(15(18)19-3)21-14(12)16/h4-6H,7H2,1-3H3. The highest BCUT2D eigenvalue weighted by Crippen LogP contribution is 2.35. The number of rotatable bonds is 4. The van der Waals surface area contributed by atoms with E-state index in [-0.39, 0.29) is 12.4 Å². The molecule has 0 unspecified atom stereocenters. The monoisotopic (exact) mass is 372 g/mol. The Morgan fingerprint density at radius 1 is 1.33 bits per heavy atom. The fourth-order valence-corrected chi connectivity index (χ4v) is 3.43. The van der Waals surface area contributed by atoms with Crippen LogP contribution < -0.4 is 4.74 Å². The Morgan fingerprint density at radius 3 is 2.67 bits per heavy atom. The number of carbonyl (C=O) groups excluding carboxylic acids is 1. The van der Waals surface area contributed by atoms with Crippen molar-refractivity contribution in [3.63, 3.8) is 0 Å². The van der Waals surface area contributed by atoms with Gasteiger partial charge in [0.2, 0.25) is 0 Å². The van der Waals surface area contributed by atoms with Crippen molar-refractivity contribution in [3.05, 3.63) is 49.4 Å². The third kappa shape index (κ3) is 3.63. The summed E-state index contributed by atoms with van der Waals surface area (Å²) in [6, 6.07) is 4.97. The molecule has 0 radical (unpaired) electrons. The van der Waals surface area contributed by atoms with Gasteiger partial charge in [-0.25, -0.2) is 9.18 Å². The minimum absolute atomic E-state index is 0.105. The van der Waals surface area contributed by atoms with Gasteiger partial charge in [0.05, 0.1) is 7.11 Å². The summed E-state index contributed by atoms with van der Waals surface area (Å²) in [6.45, 7) is 3.80. The smallest absolute Gasteiger partial charge is 0.348 e. The second-order valence-corrected chi connectivity index (χ2v) is 6.94. The van der Waals surface area contributed by atoms with E-state index in [4.69, 9.17) is 4.74 Å². The van der Waals surface area contributed by atoms with E-state index < -0.39 is 5.97 Å². The molecule has 0 N–H and O–H groups in total. The lowest BCUT2D eigenvalue weighted by molar-refractivity contribution is 0.0606. The van der Waals surface area contributed by atoms with Crippen molar-refractivity contribution in [3.8, 4) is 5.75 Å². The Kier molecular flexibility index (Phi) is 5.00. The maximum atomic E-state index is 13.9. The summed E-state index contributed by atoms with van der Waals surface area (Å²) in [5, 5.41) is 0. The zero-order valence-corrected chi connectivity index (χ0v) is 14.2. The summed E-state index contributed by atoms with van der Waals surface area (Å²) in [6.07, 6.45) is 0. The van der Waals surface area contributed by atoms with E-state index in [1.54, 1.807) is 6.07 Å². The minimum Gasteiger partial charge on any atom is -0.487 e. The molecule has 112 valence electrons. The third-order valence-electron chi connectivity index (χ3n) is 2.98. The van der Waals surface area contributed by atoms with Gasteiger partial charge in [-0.3, -0.25) is 0 Å². The van der Waals surface area contributed by atoms with Gasteiger partial charge in [0, 0.05) is 11.6 Å². The minimum atomic E-state index is -0.423. The Morgan fingerprint density at radius 2 is 2.05 bits per heavy atom. The van der Waals surface area contributed by atoms with Crippen molar-refractivity contribution in [1.29, 1.82) is 0 Å². The maximum Gasteiger partial charge on any atom is 0.348 e.